The van der Waals surface area contributed by atoms with Gasteiger partial charge in [-0.1, -0.05) is 12.1 Å². The molecule has 0 spiro atoms. The van der Waals surface area contributed by atoms with Crippen LogP contribution in [0.25, 0.3) is 0 Å². The van der Waals surface area contributed by atoms with Crippen molar-refractivity contribution < 1.29 is 14.7 Å². The number of benzene rings is 1. The Balaban J connectivity index is 1.52. The van der Waals surface area contributed by atoms with E-state index in [9.17, 15) is 9.59 Å². The van der Waals surface area contributed by atoms with Crippen molar-refractivity contribution in [3.63, 3.8) is 0 Å². The molecule has 0 radical (unpaired) electrons. The first-order valence-corrected chi connectivity index (χ1v) is 11.5. The lowest BCUT2D eigenvalue weighted by Gasteiger charge is -2.25. The summed E-state index contributed by atoms with van der Waals surface area (Å²) in [5.74, 6) is -0.939. The number of ketones is 1. The Morgan fingerprint density at radius 2 is 1.81 bits per heavy atom. The quantitative estimate of drug-likeness (QED) is 0.541. The summed E-state index contributed by atoms with van der Waals surface area (Å²) in [6.07, 6.45) is 5.99. The molecule has 0 amide bonds. The Labute approximate surface area is 186 Å². The summed E-state index contributed by atoms with van der Waals surface area (Å²) in [5, 5.41) is 12.2. The summed E-state index contributed by atoms with van der Waals surface area (Å²) >= 11 is 1.68. The number of aromatic nitrogens is 2. The third-order valence-corrected chi connectivity index (χ3v) is 6.86. The molecule has 7 heteroatoms. The number of aryl methyl sites for hydroxylation is 1. The minimum atomic E-state index is -0.967. The van der Waals surface area contributed by atoms with Crippen LogP contribution in [0, 0.1) is 13.8 Å². The smallest absolute Gasteiger partial charge is 0.335 e. The van der Waals surface area contributed by atoms with Gasteiger partial charge in [-0.25, -0.2) is 9.78 Å². The van der Waals surface area contributed by atoms with Crippen molar-refractivity contribution in [2.45, 2.75) is 46.1 Å². The van der Waals surface area contributed by atoms with Gasteiger partial charge in [-0.3, -0.25) is 4.79 Å². The molecule has 6 nitrogen and oxygen atoms in total. The van der Waals surface area contributed by atoms with Gasteiger partial charge < -0.3 is 14.6 Å². The molecule has 3 aromatic rings. The molecule has 31 heavy (non-hydrogen) atoms. The van der Waals surface area contributed by atoms with Gasteiger partial charge in [0.15, 0.2) is 10.9 Å². The van der Waals surface area contributed by atoms with Crippen molar-refractivity contribution in [2.24, 2.45) is 0 Å². The fraction of sp³-hybridized carbons (Fsp3) is 0.375. The second-order valence-corrected chi connectivity index (χ2v) is 9.02. The third kappa shape index (κ3) is 4.71. The van der Waals surface area contributed by atoms with Crippen LogP contribution in [0.15, 0.2) is 35.8 Å². The average molecular weight is 438 g/mol. The summed E-state index contributed by atoms with van der Waals surface area (Å²) in [4.78, 5) is 31.4. The van der Waals surface area contributed by atoms with E-state index >= 15 is 0 Å². The van der Waals surface area contributed by atoms with E-state index in [-0.39, 0.29) is 17.8 Å². The molecule has 0 aliphatic carbocycles. The molecule has 0 bridgehead atoms. The van der Waals surface area contributed by atoms with E-state index in [0.717, 1.165) is 40.6 Å². The fourth-order valence-electron chi connectivity index (χ4n) is 4.10. The molecular formula is C24H27N3O3S. The second kappa shape index (κ2) is 9.06. The average Bonchev–Trinajstić information content (AvgIpc) is 3.33. The molecule has 1 saturated heterocycles. The number of nitrogens with zero attached hydrogens (tertiary/aromatic N) is 3. The van der Waals surface area contributed by atoms with Gasteiger partial charge in [0.05, 0.1) is 23.5 Å². The summed E-state index contributed by atoms with van der Waals surface area (Å²) < 4.78 is 2.01. The van der Waals surface area contributed by atoms with E-state index < -0.39 is 5.97 Å². The van der Waals surface area contributed by atoms with E-state index in [1.54, 1.807) is 35.6 Å². The number of piperidine rings is 1. The van der Waals surface area contributed by atoms with Crippen LogP contribution in [0.4, 0.5) is 5.13 Å². The number of hydrogen-bond acceptors (Lipinski definition) is 5. The maximum Gasteiger partial charge on any atom is 0.335 e. The predicted octanol–water partition coefficient (Wildman–Crippen LogP) is 4.72. The zero-order valence-electron chi connectivity index (χ0n) is 17.9. The van der Waals surface area contributed by atoms with Gasteiger partial charge >= 0.3 is 5.97 Å². The number of carbonyl (C=O) groups is 2. The maximum atomic E-state index is 13.2. The number of hydrogen-bond donors (Lipinski definition) is 1. The number of aromatic carboxylic acids is 1. The van der Waals surface area contributed by atoms with Gasteiger partial charge in [-0.05, 0) is 61.9 Å². The molecule has 1 aromatic carbocycles. The highest BCUT2D eigenvalue weighted by Gasteiger charge is 2.20. The Hall–Kier alpha value is -2.93. The fourth-order valence-corrected chi connectivity index (χ4v) is 4.97. The van der Waals surface area contributed by atoms with Crippen LogP contribution < -0.4 is 4.90 Å². The Morgan fingerprint density at radius 1 is 1.10 bits per heavy atom. The van der Waals surface area contributed by atoms with Crippen molar-refractivity contribution in [1.82, 2.24) is 9.55 Å². The van der Waals surface area contributed by atoms with E-state index in [1.807, 2.05) is 24.6 Å². The van der Waals surface area contributed by atoms with Crippen molar-refractivity contribution in [3.05, 3.63) is 69.5 Å². The van der Waals surface area contributed by atoms with Gasteiger partial charge in [0.2, 0.25) is 0 Å². The lowest BCUT2D eigenvalue weighted by atomic mass is 10.0. The van der Waals surface area contributed by atoms with Crippen molar-refractivity contribution >= 4 is 28.2 Å². The molecule has 0 atom stereocenters. The first kappa shape index (κ1) is 21.3. The molecule has 4 rings (SSSR count). The van der Waals surface area contributed by atoms with Gasteiger partial charge in [0, 0.05) is 31.1 Å². The van der Waals surface area contributed by atoms with Crippen LogP contribution in [0.3, 0.4) is 0 Å². The molecule has 1 aliphatic heterocycles. The molecule has 1 N–H and O–H groups in total. The molecule has 162 valence electrons. The highest BCUT2D eigenvalue weighted by molar-refractivity contribution is 7.13. The zero-order chi connectivity index (χ0) is 22.0. The van der Waals surface area contributed by atoms with Gasteiger partial charge in [-0.15, -0.1) is 11.3 Å². The summed E-state index contributed by atoms with van der Waals surface area (Å²) in [5.41, 5.74) is 4.77. The standard InChI is InChI=1S/C24H27N3O3S/c1-16-13-27(14-20-15-31-24(25-20)26-10-4-3-5-11-26)22(17(16)2)21(28)12-18-6-8-19(9-7-18)23(29)30/h6-9,13,15H,3-5,10-12,14H2,1-2H3,(H,29,30). The number of Topliss-reactive ketones (excluding diaryl/α,β-unsaturated/α-hetero) is 1. The monoisotopic (exact) mass is 437 g/mol. The van der Waals surface area contributed by atoms with Crippen molar-refractivity contribution in [2.75, 3.05) is 18.0 Å². The third-order valence-electron chi connectivity index (χ3n) is 5.91. The number of carboxylic acids is 1. The number of thiazole rings is 1. The zero-order valence-corrected chi connectivity index (χ0v) is 18.7. The number of rotatable bonds is 7. The summed E-state index contributed by atoms with van der Waals surface area (Å²) in [7, 11) is 0. The number of carbonyl (C=O) groups excluding carboxylic acids is 1. The lowest BCUT2D eigenvalue weighted by molar-refractivity contribution is 0.0696. The summed E-state index contributed by atoms with van der Waals surface area (Å²) in [6.45, 7) is 6.70. The number of carboxylic acid groups (broad SMARTS) is 1. The minimum absolute atomic E-state index is 0.0279. The Bertz CT molecular complexity index is 1090. The largest absolute Gasteiger partial charge is 0.478 e. The normalized spacial score (nSPS) is 14.1. The van der Waals surface area contributed by atoms with Gasteiger partial charge in [0.25, 0.3) is 0 Å². The summed E-state index contributed by atoms with van der Waals surface area (Å²) in [6, 6.07) is 6.50. The topological polar surface area (TPSA) is 75.4 Å². The van der Waals surface area contributed by atoms with E-state index in [0.29, 0.717) is 12.2 Å². The van der Waals surface area contributed by atoms with E-state index in [2.05, 4.69) is 10.3 Å². The molecule has 0 unspecified atom stereocenters. The van der Waals surface area contributed by atoms with Crippen LogP contribution >= 0.6 is 11.3 Å². The molecule has 1 aliphatic rings. The second-order valence-electron chi connectivity index (χ2n) is 8.18. The SMILES string of the molecule is Cc1cn(Cc2csc(N3CCCCC3)n2)c(C(=O)Cc2ccc(C(=O)O)cc2)c1C. The Kier molecular flexibility index (Phi) is 6.23. The van der Waals surface area contributed by atoms with Gasteiger partial charge in [-0.2, -0.15) is 0 Å². The molecule has 3 heterocycles. The van der Waals surface area contributed by atoms with Crippen LogP contribution in [0.2, 0.25) is 0 Å². The maximum absolute atomic E-state index is 13.2. The van der Waals surface area contributed by atoms with Crippen LogP contribution in [0.1, 0.15) is 62.5 Å². The molecule has 0 saturated carbocycles. The molecular weight excluding hydrogens is 410 g/mol. The first-order valence-electron chi connectivity index (χ1n) is 10.6. The van der Waals surface area contributed by atoms with Crippen molar-refractivity contribution in [1.29, 1.82) is 0 Å². The molecule has 2 aromatic heterocycles. The highest BCUT2D eigenvalue weighted by Crippen LogP contribution is 2.26. The van der Waals surface area contributed by atoms with Crippen LogP contribution in [-0.4, -0.2) is 39.5 Å². The lowest BCUT2D eigenvalue weighted by Crippen LogP contribution is -2.29. The minimum Gasteiger partial charge on any atom is -0.478 e. The first-order chi connectivity index (χ1) is 14.9. The molecule has 1 fully saturated rings. The Morgan fingerprint density at radius 3 is 2.48 bits per heavy atom. The van der Waals surface area contributed by atoms with Crippen LogP contribution in [-0.2, 0) is 13.0 Å². The van der Waals surface area contributed by atoms with E-state index in [1.165, 1.54) is 19.3 Å². The number of anilines is 1. The van der Waals surface area contributed by atoms with Crippen LogP contribution in [0.5, 0.6) is 0 Å². The van der Waals surface area contributed by atoms with Crippen molar-refractivity contribution in [3.8, 4) is 0 Å². The predicted molar refractivity (Wildman–Crippen MR) is 123 cm³/mol. The van der Waals surface area contributed by atoms with E-state index in [4.69, 9.17) is 10.1 Å². The van der Waals surface area contributed by atoms with Gasteiger partial charge in [0.1, 0.15) is 0 Å². The highest BCUT2D eigenvalue weighted by atomic mass is 32.1.